The molecule has 1 aliphatic carbocycles. The average Bonchev–Trinajstić information content (AvgIpc) is 3.41. The van der Waals surface area contributed by atoms with Crippen LogP contribution >= 0.6 is 0 Å². The molecule has 38 heavy (non-hydrogen) atoms. The third-order valence-corrected chi connectivity index (χ3v) is 7.00. The maximum atomic E-state index is 15.0. The number of allylic oxidation sites excluding steroid dienone is 2. The highest BCUT2D eigenvalue weighted by Crippen LogP contribution is 2.49. The summed E-state index contributed by atoms with van der Waals surface area (Å²) >= 11 is 0. The third kappa shape index (κ3) is 4.71. The Morgan fingerprint density at radius 2 is 1.87 bits per heavy atom. The monoisotopic (exact) mass is 522 g/mol. The summed E-state index contributed by atoms with van der Waals surface area (Å²) < 4.78 is 45.1. The maximum Gasteiger partial charge on any atom is 0.416 e. The van der Waals surface area contributed by atoms with Crippen molar-refractivity contribution in [3.63, 3.8) is 0 Å². The molecule has 1 aliphatic heterocycles. The topological polar surface area (TPSA) is 113 Å². The fourth-order valence-electron chi connectivity index (χ4n) is 5.00. The van der Waals surface area contributed by atoms with Gasteiger partial charge in [0.05, 0.1) is 0 Å². The zero-order chi connectivity index (χ0) is 26.9. The number of aromatic amines is 1. The minimum absolute atomic E-state index is 0.0330. The molecule has 2 amide bonds. The highest BCUT2D eigenvalue weighted by molar-refractivity contribution is 6.28. The lowest BCUT2D eigenvalue weighted by molar-refractivity contribution is -0.201. The van der Waals surface area contributed by atoms with Crippen molar-refractivity contribution >= 4 is 28.9 Å². The highest BCUT2D eigenvalue weighted by atomic mass is 19.4. The van der Waals surface area contributed by atoms with Crippen molar-refractivity contribution in [3.8, 4) is 0 Å². The van der Waals surface area contributed by atoms with Crippen molar-refractivity contribution in [3.05, 3.63) is 82.4 Å². The molecule has 1 unspecified atom stereocenters. The number of hydrogen-bond acceptors (Lipinski definition) is 5. The van der Waals surface area contributed by atoms with E-state index in [0.29, 0.717) is 11.1 Å². The second-order valence-electron chi connectivity index (χ2n) is 9.50. The molecular formula is C27H25F3N6O2. The molecule has 0 bridgehead atoms. The Bertz CT molecular complexity index is 1430. The number of amides is 2. The summed E-state index contributed by atoms with van der Waals surface area (Å²) in [6, 6.07) is 12.9. The molecule has 2 aliphatic rings. The van der Waals surface area contributed by atoms with Crippen LogP contribution < -0.4 is 10.6 Å². The number of tetrazole rings is 1. The predicted molar refractivity (Wildman–Crippen MR) is 134 cm³/mol. The summed E-state index contributed by atoms with van der Waals surface area (Å²) in [6.45, 7) is 1.83. The van der Waals surface area contributed by atoms with Crippen LogP contribution in [0.3, 0.4) is 0 Å². The Hall–Kier alpha value is -4.28. The first-order valence-electron chi connectivity index (χ1n) is 12.2. The normalized spacial score (nSPS) is 20.1. The van der Waals surface area contributed by atoms with Crippen LogP contribution in [0.2, 0.25) is 0 Å². The fourth-order valence-corrected chi connectivity index (χ4v) is 5.00. The number of nitrogens with one attached hydrogen (secondary N) is 3. The van der Waals surface area contributed by atoms with E-state index in [-0.39, 0.29) is 17.1 Å². The zero-order valence-corrected chi connectivity index (χ0v) is 20.5. The molecule has 5 rings (SSSR count). The second kappa shape index (κ2) is 9.88. The van der Waals surface area contributed by atoms with E-state index in [9.17, 15) is 9.59 Å². The van der Waals surface area contributed by atoms with Crippen molar-refractivity contribution in [1.82, 2.24) is 25.9 Å². The van der Waals surface area contributed by atoms with Crippen molar-refractivity contribution in [2.45, 2.75) is 50.7 Å². The minimum Gasteiger partial charge on any atom is -0.334 e. The van der Waals surface area contributed by atoms with Gasteiger partial charge in [0.1, 0.15) is 5.57 Å². The van der Waals surface area contributed by atoms with E-state index in [4.69, 9.17) is 0 Å². The van der Waals surface area contributed by atoms with Gasteiger partial charge in [-0.1, -0.05) is 59.2 Å². The lowest BCUT2D eigenvalue weighted by Gasteiger charge is -2.41. The number of carbonyl (C=O) groups excluding carboxylic acids is 2. The van der Waals surface area contributed by atoms with Crippen LogP contribution in [0.4, 0.5) is 19.1 Å². The largest absolute Gasteiger partial charge is 0.416 e. The van der Waals surface area contributed by atoms with E-state index in [1.54, 1.807) is 36.4 Å². The fraction of sp³-hybridized carbons (Fsp3) is 0.296. The number of rotatable bonds is 5. The van der Waals surface area contributed by atoms with Crippen LogP contribution in [0.1, 0.15) is 54.4 Å². The number of aryl methyl sites for hydroxylation is 1. The molecule has 11 heteroatoms. The average molecular weight is 523 g/mol. The molecule has 3 aromatic rings. The summed E-state index contributed by atoms with van der Waals surface area (Å²) in [5.41, 5.74) is -0.408. The lowest BCUT2D eigenvalue weighted by Crippen LogP contribution is -2.59. The summed E-state index contributed by atoms with van der Waals surface area (Å²) in [5.74, 6) is -2.29. The molecule has 2 aromatic carbocycles. The SMILES string of the molecule is Cc1ccc(C2=C(C(=O)Nc3nn[nH]n3)C(=O)NC(c3cccc(C4=CCCCC4)c3)(C(F)(F)F)C2)cc1. The Kier molecular flexibility index (Phi) is 6.60. The van der Waals surface area contributed by atoms with Gasteiger partial charge in [-0.2, -0.15) is 18.4 Å². The minimum atomic E-state index is -4.87. The number of anilines is 1. The summed E-state index contributed by atoms with van der Waals surface area (Å²) in [6.07, 6.45) is 0.183. The number of alkyl halides is 3. The number of H-pyrrole nitrogens is 1. The molecule has 1 atom stereocenters. The van der Waals surface area contributed by atoms with Gasteiger partial charge in [0, 0.05) is 6.42 Å². The van der Waals surface area contributed by atoms with E-state index in [0.717, 1.165) is 36.8 Å². The molecule has 196 valence electrons. The molecule has 0 spiro atoms. The highest BCUT2D eigenvalue weighted by Gasteiger charge is 2.60. The van der Waals surface area contributed by atoms with Crippen LogP contribution in [0, 0.1) is 6.92 Å². The smallest absolute Gasteiger partial charge is 0.334 e. The van der Waals surface area contributed by atoms with Gasteiger partial charge in [-0.25, -0.2) is 0 Å². The van der Waals surface area contributed by atoms with Crippen LogP contribution in [0.25, 0.3) is 11.1 Å². The first kappa shape index (κ1) is 25.4. The third-order valence-electron chi connectivity index (χ3n) is 7.00. The standard InChI is InChI=1S/C27H25F3N6O2/c1-16-10-12-18(13-11-16)21-15-26(27(28,29)30,20-9-5-8-19(14-20)17-6-3-2-4-7-17)32-24(38)22(21)23(37)31-25-33-35-36-34-25/h5-6,8-14H,2-4,7,15H2,1H3,(H,32,38)(H2,31,33,34,35,36,37). The Balaban J connectivity index is 1.65. The van der Waals surface area contributed by atoms with E-state index in [1.807, 2.05) is 6.92 Å². The Labute approximate surface area is 216 Å². The predicted octanol–water partition coefficient (Wildman–Crippen LogP) is 4.84. The molecule has 0 saturated heterocycles. The van der Waals surface area contributed by atoms with Gasteiger partial charge in [0.2, 0.25) is 0 Å². The first-order valence-corrected chi connectivity index (χ1v) is 12.2. The number of nitrogens with zero attached hydrogens (tertiary/aromatic N) is 3. The maximum absolute atomic E-state index is 15.0. The van der Waals surface area contributed by atoms with E-state index in [1.165, 1.54) is 12.1 Å². The van der Waals surface area contributed by atoms with Gasteiger partial charge >= 0.3 is 6.18 Å². The van der Waals surface area contributed by atoms with E-state index >= 15 is 13.2 Å². The van der Waals surface area contributed by atoms with Gasteiger partial charge in [-0.05, 0) is 71.7 Å². The van der Waals surface area contributed by atoms with Crippen LogP contribution in [-0.4, -0.2) is 38.6 Å². The molecule has 8 nitrogen and oxygen atoms in total. The molecule has 2 heterocycles. The quantitative estimate of drug-likeness (QED) is 0.416. The molecule has 1 aromatic heterocycles. The van der Waals surface area contributed by atoms with E-state index < -0.39 is 35.5 Å². The number of carbonyl (C=O) groups is 2. The van der Waals surface area contributed by atoms with Crippen molar-refractivity contribution in [2.75, 3.05) is 5.32 Å². The van der Waals surface area contributed by atoms with E-state index in [2.05, 4.69) is 37.3 Å². The van der Waals surface area contributed by atoms with Crippen molar-refractivity contribution in [2.24, 2.45) is 0 Å². The molecule has 0 saturated carbocycles. The van der Waals surface area contributed by atoms with Gasteiger partial charge in [-0.3, -0.25) is 14.9 Å². The van der Waals surface area contributed by atoms with Crippen molar-refractivity contribution in [1.29, 1.82) is 0 Å². The van der Waals surface area contributed by atoms with Gasteiger partial charge in [-0.15, -0.1) is 5.10 Å². The van der Waals surface area contributed by atoms with Crippen LogP contribution in [0.15, 0.2) is 60.2 Å². The second-order valence-corrected chi connectivity index (χ2v) is 9.50. The van der Waals surface area contributed by atoms with Gasteiger partial charge < -0.3 is 5.32 Å². The molecule has 0 fully saturated rings. The van der Waals surface area contributed by atoms with Gasteiger partial charge in [0.25, 0.3) is 17.8 Å². The number of benzene rings is 2. The number of hydrogen-bond donors (Lipinski definition) is 3. The lowest BCUT2D eigenvalue weighted by atomic mass is 9.75. The first-order chi connectivity index (χ1) is 18.2. The summed E-state index contributed by atoms with van der Waals surface area (Å²) in [4.78, 5) is 26.6. The number of halogens is 3. The summed E-state index contributed by atoms with van der Waals surface area (Å²) in [7, 11) is 0. The molecular weight excluding hydrogens is 497 g/mol. The van der Waals surface area contributed by atoms with Gasteiger partial charge in [0.15, 0.2) is 5.54 Å². The summed E-state index contributed by atoms with van der Waals surface area (Å²) in [5, 5.41) is 17.3. The van der Waals surface area contributed by atoms with Crippen LogP contribution in [0.5, 0.6) is 0 Å². The molecule has 3 N–H and O–H groups in total. The Morgan fingerprint density at radius 1 is 1.08 bits per heavy atom. The number of aromatic nitrogens is 4. The molecule has 0 radical (unpaired) electrons. The zero-order valence-electron chi connectivity index (χ0n) is 20.5. The van der Waals surface area contributed by atoms with Crippen molar-refractivity contribution < 1.29 is 22.8 Å². The van der Waals surface area contributed by atoms with Crippen LogP contribution in [-0.2, 0) is 15.1 Å². The Morgan fingerprint density at radius 3 is 2.53 bits per heavy atom.